The molecule has 30 heavy (non-hydrogen) atoms. The number of halogens is 1. The minimum atomic E-state index is -0.654. The van der Waals surface area contributed by atoms with E-state index < -0.39 is 17.1 Å². The Labute approximate surface area is 184 Å². The lowest BCUT2D eigenvalue weighted by Gasteiger charge is -2.09. The first-order chi connectivity index (χ1) is 14.3. The number of anilines is 1. The van der Waals surface area contributed by atoms with E-state index in [1.165, 1.54) is 24.3 Å². The third-order valence-electron chi connectivity index (χ3n) is 4.03. The summed E-state index contributed by atoms with van der Waals surface area (Å²) < 4.78 is 5.90. The monoisotopic (exact) mass is 489 g/mol. The highest BCUT2D eigenvalue weighted by molar-refractivity contribution is 9.10. The van der Waals surface area contributed by atoms with Gasteiger partial charge >= 0.3 is 5.97 Å². The second-order valence-corrected chi connectivity index (χ2v) is 8.37. The summed E-state index contributed by atoms with van der Waals surface area (Å²) in [5, 5.41) is 2.17. The Kier molecular flexibility index (Phi) is 7.01. The molecule has 2 aromatic rings. The van der Waals surface area contributed by atoms with Crippen LogP contribution in [0.3, 0.4) is 0 Å². The van der Waals surface area contributed by atoms with E-state index in [4.69, 9.17) is 10.5 Å². The van der Waals surface area contributed by atoms with Gasteiger partial charge in [0.15, 0.2) is 17.6 Å². The number of nitrogens with two attached hydrogens (primary N) is 1. The number of amides is 2. The molecule has 154 valence electrons. The summed E-state index contributed by atoms with van der Waals surface area (Å²) in [7, 11) is 0. The molecule has 0 aromatic heterocycles. The molecule has 2 aromatic carbocycles. The molecule has 0 radical (unpaired) electrons. The van der Waals surface area contributed by atoms with Crippen LogP contribution in [0.15, 0.2) is 58.0 Å². The molecule has 0 saturated heterocycles. The molecule has 0 aliphatic carbocycles. The van der Waals surface area contributed by atoms with Crippen molar-refractivity contribution in [1.29, 1.82) is 0 Å². The normalized spacial score (nSPS) is 15.4. The number of carbonyl (C=O) groups is 4. The zero-order chi connectivity index (χ0) is 21.7. The number of ketones is 1. The number of hydrogen-bond donors (Lipinski definition) is 2. The number of esters is 1. The Bertz CT molecular complexity index is 1020. The summed E-state index contributed by atoms with van der Waals surface area (Å²) in [5.74, 6) is -1.77. The number of carbonyl (C=O) groups excluding carboxylic acids is 4. The molecule has 3 N–H and O–H groups in total. The second kappa shape index (κ2) is 9.68. The fraction of sp³-hybridized carbons (Fsp3) is 0.150. The average molecular weight is 490 g/mol. The third-order valence-corrected chi connectivity index (χ3v) is 5.55. The van der Waals surface area contributed by atoms with Crippen molar-refractivity contribution in [1.82, 2.24) is 0 Å². The number of ether oxygens (including phenoxy) is 1. The standard InChI is InChI=1S/C20H16BrN3O5S/c21-13-5-1-11(2-6-13)15(25)10-29-19(28)12-3-7-14(8-4-12)23-17(26)9-16-18(27)24-20(22)30-16/h1-8,16H,9-10H2,(H,23,26)(H2,22,24,27). The van der Waals surface area contributed by atoms with E-state index in [0.717, 1.165) is 16.2 Å². The minimum absolute atomic E-state index is 0.0599. The number of nitrogens with one attached hydrogen (secondary N) is 1. The Morgan fingerprint density at radius 3 is 2.30 bits per heavy atom. The van der Waals surface area contributed by atoms with Crippen LogP contribution in [0.1, 0.15) is 27.1 Å². The van der Waals surface area contributed by atoms with Crippen LogP contribution < -0.4 is 11.1 Å². The van der Waals surface area contributed by atoms with E-state index in [2.05, 4.69) is 26.2 Å². The van der Waals surface area contributed by atoms with Gasteiger partial charge in [-0.2, -0.15) is 4.99 Å². The summed E-state index contributed by atoms with van der Waals surface area (Å²) in [6.45, 7) is -0.378. The first-order valence-electron chi connectivity index (χ1n) is 8.72. The van der Waals surface area contributed by atoms with Crippen LogP contribution in [0.5, 0.6) is 0 Å². The van der Waals surface area contributed by atoms with Crippen molar-refractivity contribution >= 4 is 62.1 Å². The fourth-order valence-corrected chi connectivity index (χ4v) is 3.62. The molecule has 0 bridgehead atoms. The summed E-state index contributed by atoms with van der Waals surface area (Å²) in [5.41, 5.74) is 6.59. The highest BCUT2D eigenvalue weighted by Crippen LogP contribution is 2.23. The molecule has 3 rings (SSSR count). The SMILES string of the molecule is NC1=NC(=O)C(CC(=O)Nc2ccc(C(=O)OCC(=O)c3ccc(Br)cc3)cc2)S1. The number of benzene rings is 2. The first kappa shape index (κ1) is 21.7. The lowest BCUT2D eigenvalue weighted by molar-refractivity contribution is -0.121. The third kappa shape index (κ3) is 5.77. The molecule has 1 aliphatic rings. The number of aliphatic imine (C=N–C) groups is 1. The highest BCUT2D eigenvalue weighted by Gasteiger charge is 2.29. The topological polar surface area (TPSA) is 128 Å². The van der Waals surface area contributed by atoms with Crippen LogP contribution in [0.2, 0.25) is 0 Å². The van der Waals surface area contributed by atoms with E-state index in [-0.39, 0.29) is 35.4 Å². The summed E-state index contributed by atoms with van der Waals surface area (Å²) in [6.07, 6.45) is -0.0599. The van der Waals surface area contributed by atoms with E-state index in [1.54, 1.807) is 24.3 Å². The summed E-state index contributed by atoms with van der Waals surface area (Å²) in [6, 6.07) is 12.7. The van der Waals surface area contributed by atoms with Crippen LogP contribution >= 0.6 is 27.7 Å². The number of Topliss-reactive ketones (excluding diaryl/α,β-unsaturated/α-hetero) is 1. The van der Waals surface area contributed by atoms with E-state index in [0.29, 0.717) is 11.3 Å². The number of amidine groups is 1. The smallest absolute Gasteiger partial charge is 0.338 e. The molecule has 1 heterocycles. The van der Waals surface area contributed by atoms with Gasteiger partial charge < -0.3 is 15.8 Å². The van der Waals surface area contributed by atoms with Gasteiger partial charge in [-0.3, -0.25) is 14.4 Å². The van der Waals surface area contributed by atoms with Gasteiger partial charge in [-0.25, -0.2) is 4.79 Å². The van der Waals surface area contributed by atoms with Crippen molar-refractivity contribution < 1.29 is 23.9 Å². The van der Waals surface area contributed by atoms with E-state index in [1.807, 2.05) is 0 Å². The van der Waals surface area contributed by atoms with Crippen LogP contribution in [0.25, 0.3) is 0 Å². The molecule has 8 nitrogen and oxygen atoms in total. The Morgan fingerprint density at radius 2 is 1.70 bits per heavy atom. The molecule has 1 aliphatic heterocycles. The molecule has 0 fully saturated rings. The van der Waals surface area contributed by atoms with Gasteiger partial charge in [0.25, 0.3) is 5.91 Å². The van der Waals surface area contributed by atoms with Crippen LogP contribution in [-0.4, -0.2) is 40.6 Å². The van der Waals surface area contributed by atoms with Crippen molar-refractivity contribution in [3.05, 3.63) is 64.1 Å². The van der Waals surface area contributed by atoms with Gasteiger partial charge in [0.05, 0.1) is 5.56 Å². The van der Waals surface area contributed by atoms with Crippen molar-refractivity contribution in [3.63, 3.8) is 0 Å². The molecule has 10 heteroatoms. The molecule has 0 spiro atoms. The predicted octanol–water partition coefficient (Wildman–Crippen LogP) is 2.77. The van der Waals surface area contributed by atoms with Crippen molar-refractivity contribution in [2.75, 3.05) is 11.9 Å². The number of thioether (sulfide) groups is 1. The molecule has 0 saturated carbocycles. The largest absolute Gasteiger partial charge is 0.454 e. The van der Waals surface area contributed by atoms with Crippen LogP contribution in [0.4, 0.5) is 5.69 Å². The Balaban J connectivity index is 1.49. The van der Waals surface area contributed by atoms with Crippen molar-refractivity contribution in [2.24, 2.45) is 10.7 Å². The first-order valence-corrected chi connectivity index (χ1v) is 10.4. The fourth-order valence-electron chi connectivity index (χ4n) is 2.54. The molecular formula is C20H16BrN3O5S. The molecular weight excluding hydrogens is 474 g/mol. The van der Waals surface area contributed by atoms with Gasteiger partial charge in [0.2, 0.25) is 5.91 Å². The van der Waals surface area contributed by atoms with Crippen molar-refractivity contribution in [2.45, 2.75) is 11.7 Å². The van der Waals surface area contributed by atoms with Crippen LogP contribution in [0, 0.1) is 0 Å². The molecule has 1 atom stereocenters. The Hall–Kier alpha value is -2.98. The van der Waals surface area contributed by atoms with Gasteiger partial charge in [-0.15, -0.1) is 0 Å². The summed E-state index contributed by atoms with van der Waals surface area (Å²) >= 11 is 4.34. The number of nitrogens with zero attached hydrogens (tertiary/aromatic N) is 1. The molecule has 1 unspecified atom stereocenters. The molecule has 2 amide bonds. The maximum Gasteiger partial charge on any atom is 0.338 e. The Morgan fingerprint density at radius 1 is 1.07 bits per heavy atom. The maximum atomic E-state index is 12.1. The zero-order valence-electron chi connectivity index (χ0n) is 15.5. The number of hydrogen-bond acceptors (Lipinski definition) is 7. The average Bonchev–Trinajstić information content (AvgIpc) is 3.03. The van der Waals surface area contributed by atoms with Gasteiger partial charge in [-0.05, 0) is 36.4 Å². The lowest BCUT2D eigenvalue weighted by atomic mass is 10.1. The van der Waals surface area contributed by atoms with Gasteiger partial charge in [0.1, 0.15) is 5.25 Å². The highest BCUT2D eigenvalue weighted by atomic mass is 79.9. The lowest BCUT2D eigenvalue weighted by Crippen LogP contribution is -2.21. The minimum Gasteiger partial charge on any atom is -0.454 e. The van der Waals surface area contributed by atoms with E-state index >= 15 is 0 Å². The zero-order valence-corrected chi connectivity index (χ0v) is 17.9. The van der Waals surface area contributed by atoms with E-state index in [9.17, 15) is 19.2 Å². The van der Waals surface area contributed by atoms with Crippen LogP contribution in [-0.2, 0) is 14.3 Å². The summed E-state index contributed by atoms with van der Waals surface area (Å²) in [4.78, 5) is 51.4. The quantitative estimate of drug-likeness (QED) is 0.451. The van der Waals surface area contributed by atoms with Crippen molar-refractivity contribution in [3.8, 4) is 0 Å². The maximum absolute atomic E-state index is 12.1. The number of rotatable bonds is 7. The predicted molar refractivity (Wildman–Crippen MR) is 116 cm³/mol. The van der Waals surface area contributed by atoms with Gasteiger partial charge in [0, 0.05) is 22.1 Å². The van der Waals surface area contributed by atoms with Gasteiger partial charge in [-0.1, -0.05) is 39.8 Å². The second-order valence-electron chi connectivity index (χ2n) is 6.23.